The molecule has 0 unspecified atom stereocenters. The Morgan fingerprint density at radius 2 is 1.81 bits per heavy atom. The number of anilines is 1. The van der Waals surface area contributed by atoms with Gasteiger partial charge in [0.05, 0.1) is 13.7 Å². The van der Waals surface area contributed by atoms with Crippen molar-refractivity contribution < 1.29 is 9.53 Å². The Kier molecular flexibility index (Phi) is 6.00. The second kappa shape index (κ2) is 9.03. The van der Waals surface area contributed by atoms with Crippen LogP contribution in [0.15, 0.2) is 70.5 Å². The molecular formula is C22H18ClN5O4. The highest BCUT2D eigenvalue weighted by Crippen LogP contribution is 2.16. The first kappa shape index (κ1) is 21.3. The van der Waals surface area contributed by atoms with Crippen molar-refractivity contribution in [1.29, 1.82) is 0 Å². The first-order chi connectivity index (χ1) is 15.5. The minimum absolute atomic E-state index is 0.00114. The highest BCUT2D eigenvalue weighted by atomic mass is 35.5. The quantitative estimate of drug-likeness (QED) is 0.482. The number of rotatable bonds is 6. The second-order valence-corrected chi connectivity index (χ2v) is 7.33. The molecule has 2 heterocycles. The van der Waals surface area contributed by atoms with Gasteiger partial charge in [0, 0.05) is 29.2 Å². The molecule has 0 atom stereocenters. The maximum absolute atomic E-state index is 13.2. The van der Waals surface area contributed by atoms with Crippen molar-refractivity contribution in [3.63, 3.8) is 0 Å². The molecule has 4 rings (SSSR count). The first-order valence-electron chi connectivity index (χ1n) is 9.59. The maximum atomic E-state index is 13.2. The van der Waals surface area contributed by atoms with Crippen molar-refractivity contribution in [3.05, 3.63) is 92.3 Å². The molecule has 32 heavy (non-hydrogen) atoms. The van der Waals surface area contributed by atoms with Crippen LogP contribution in [0.1, 0.15) is 5.56 Å². The van der Waals surface area contributed by atoms with E-state index >= 15 is 0 Å². The summed E-state index contributed by atoms with van der Waals surface area (Å²) in [7, 11) is 1.52. The summed E-state index contributed by atoms with van der Waals surface area (Å²) in [6.45, 7) is -0.356. The Bertz CT molecular complexity index is 1410. The monoisotopic (exact) mass is 451 g/mol. The van der Waals surface area contributed by atoms with Crippen molar-refractivity contribution in [2.45, 2.75) is 13.1 Å². The van der Waals surface area contributed by atoms with Crippen molar-refractivity contribution >= 4 is 34.4 Å². The lowest BCUT2D eigenvalue weighted by molar-refractivity contribution is -0.116. The van der Waals surface area contributed by atoms with E-state index in [1.54, 1.807) is 48.5 Å². The molecule has 0 bridgehead atoms. The molecule has 0 spiro atoms. The predicted molar refractivity (Wildman–Crippen MR) is 120 cm³/mol. The van der Waals surface area contributed by atoms with Crippen LogP contribution >= 0.6 is 11.6 Å². The van der Waals surface area contributed by atoms with Gasteiger partial charge in [0.1, 0.15) is 12.3 Å². The zero-order valence-electron chi connectivity index (χ0n) is 17.0. The fraction of sp³-hybridized carbons (Fsp3) is 0.136. The number of benzene rings is 2. The highest BCUT2D eigenvalue weighted by Gasteiger charge is 2.17. The number of fused-ring (bicyclic) bond motifs is 1. The Labute approximate surface area is 186 Å². The third-order valence-electron chi connectivity index (χ3n) is 4.75. The number of methoxy groups -OCH3 is 1. The van der Waals surface area contributed by atoms with Crippen LogP contribution < -0.4 is 21.3 Å². The average molecular weight is 452 g/mol. The molecular weight excluding hydrogens is 434 g/mol. The van der Waals surface area contributed by atoms with Crippen molar-refractivity contribution in [3.8, 4) is 5.75 Å². The maximum Gasteiger partial charge on any atom is 0.333 e. The number of hydrogen-bond donors (Lipinski definition) is 1. The van der Waals surface area contributed by atoms with Gasteiger partial charge in [0.25, 0.3) is 5.56 Å². The number of aromatic nitrogens is 4. The van der Waals surface area contributed by atoms with Gasteiger partial charge in [0.15, 0.2) is 11.2 Å². The molecule has 0 fully saturated rings. The molecule has 9 nitrogen and oxygen atoms in total. The molecule has 10 heteroatoms. The van der Waals surface area contributed by atoms with E-state index in [4.69, 9.17) is 16.3 Å². The number of nitrogens with zero attached hydrogens (tertiary/aromatic N) is 4. The summed E-state index contributed by atoms with van der Waals surface area (Å²) in [5, 5.41) is 3.26. The van der Waals surface area contributed by atoms with Gasteiger partial charge in [-0.2, -0.15) is 0 Å². The van der Waals surface area contributed by atoms with Crippen molar-refractivity contribution in [2.24, 2.45) is 0 Å². The number of halogens is 1. The lowest BCUT2D eigenvalue weighted by Crippen LogP contribution is -2.42. The normalized spacial score (nSPS) is 10.8. The van der Waals surface area contributed by atoms with Gasteiger partial charge in [-0.1, -0.05) is 29.8 Å². The fourth-order valence-corrected chi connectivity index (χ4v) is 3.36. The van der Waals surface area contributed by atoms with Crippen LogP contribution in [0.25, 0.3) is 11.2 Å². The van der Waals surface area contributed by atoms with Crippen LogP contribution in [0.4, 0.5) is 5.69 Å². The molecule has 0 radical (unpaired) electrons. The summed E-state index contributed by atoms with van der Waals surface area (Å²) >= 11 is 5.92. The third kappa shape index (κ3) is 4.37. The van der Waals surface area contributed by atoms with E-state index < -0.39 is 17.2 Å². The van der Waals surface area contributed by atoms with Crippen molar-refractivity contribution in [1.82, 2.24) is 19.1 Å². The molecule has 2 aromatic heterocycles. The van der Waals surface area contributed by atoms with E-state index in [2.05, 4.69) is 15.3 Å². The Morgan fingerprint density at radius 1 is 1.06 bits per heavy atom. The zero-order chi connectivity index (χ0) is 22.7. The van der Waals surface area contributed by atoms with E-state index in [1.165, 1.54) is 19.5 Å². The molecule has 0 aliphatic rings. The van der Waals surface area contributed by atoms with Gasteiger partial charge >= 0.3 is 5.69 Å². The largest absolute Gasteiger partial charge is 0.497 e. The van der Waals surface area contributed by atoms with Gasteiger partial charge in [-0.05, 0) is 29.8 Å². The molecule has 0 saturated carbocycles. The Balaban J connectivity index is 1.73. The van der Waals surface area contributed by atoms with Crippen LogP contribution in [-0.4, -0.2) is 32.1 Å². The number of carbonyl (C=O) groups is 1. The predicted octanol–water partition coefficient (Wildman–Crippen LogP) is 2.30. The molecule has 2 aromatic carbocycles. The summed E-state index contributed by atoms with van der Waals surface area (Å²) in [5.41, 5.74) is -0.0152. The standard InChI is InChI=1S/C22H18ClN5O4/c1-32-17-4-2-3-16(11-17)26-18(29)13-27-20-19(24-9-10-25-20)21(30)28(22(27)31)12-14-5-7-15(23)8-6-14/h2-11H,12-13H2,1H3,(H,26,29). The van der Waals surface area contributed by atoms with Gasteiger partial charge in [-0.3, -0.25) is 18.7 Å². The molecule has 0 saturated heterocycles. The van der Waals surface area contributed by atoms with E-state index in [0.717, 1.165) is 9.13 Å². The van der Waals surface area contributed by atoms with E-state index in [-0.39, 0.29) is 24.3 Å². The minimum Gasteiger partial charge on any atom is -0.497 e. The number of amides is 1. The van der Waals surface area contributed by atoms with Crippen LogP contribution in [0, 0.1) is 0 Å². The second-order valence-electron chi connectivity index (χ2n) is 6.90. The summed E-state index contributed by atoms with van der Waals surface area (Å²) in [6.07, 6.45) is 2.72. The lowest BCUT2D eigenvalue weighted by Gasteiger charge is -2.13. The third-order valence-corrected chi connectivity index (χ3v) is 5.01. The molecule has 4 aromatic rings. The fourth-order valence-electron chi connectivity index (χ4n) is 3.23. The van der Waals surface area contributed by atoms with Gasteiger partial charge < -0.3 is 10.1 Å². The molecule has 162 valence electrons. The SMILES string of the molecule is COc1cccc(NC(=O)Cn2c(=O)n(Cc3ccc(Cl)cc3)c(=O)c3nccnc32)c1. The summed E-state index contributed by atoms with van der Waals surface area (Å²) in [4.78, 5) is 47.0. The number of carbonyl (C=O) groups excluding carboxylic acids is 1. The number of ether oxygens (including phenoxy) is 1. The Hall–Kier alpha value is -3.98. The molecule has 0 aliphatic carbocycles. The van der Waals surface area contributed by atoms with E-state index in [0.29, 0.717) is 22.0 Å². The zero-order valence-corrected chi connectivity index (χ0v) is 17.7. The topological polar surface area (TPSA) is 108 Å². The summed E-state index contributed by atoms with van der Waals surface area (Å²) < 4.78 is 7.31. The first-order valence-corrected chi connectivity index (χ1v) is 9.97. The van der Waals surface area contributed by atoms with Crippen LogP contribution in [0.3, 0.4) is 0 Å². The highest BCUT2D eigenvalue weighted by molar-refractivity contribution is 6.30. The van der Waals surface area contributed by atoms with Crippen LogP contribution in [0.2, 0.25) is 5.02 Å². The molecule has 1 amide bonds. The van der Waals surface area contributed by atoms with Gasteiger partial charge in [0.2, 0.25) is 5.91 Å². The van der Waals surface area contributed by atoms with E-state index in [9.17, 15) is 14.4 Å². The number of hydrogen-bond acceptors (Lipinski definition) is 6. The van der Waals surface area contributed by atoms with Crippen LogP contribution in [-0.2, 0) is 17.9 Å². The smallest absolute Gasteiger partial charge is 0.333 e. The van der Waals surface area contributed by atoms with Crippen molar-refractivity contribution in [2.75, 3.05) is 12.4 Å². The average Bonchev–Trinajstić information content (AvgIpc) is 2.81. The lowest BCUT2D eigenvalue weighted by atomic mass is 10.2. The summed E-state index contributed by atoms with van der Waals surface area (Å²) in [6, 6.07) is 13.6. The Morgan fingerprint density at radius 3 is 2.56 bits per heavy atom. The minimum atomic E-state index is -0.668. The van der Waals surface area contributed by atoms with Gasteiger partial charge in [-0.25, -0.2) is 14.8 Å². The summed E-state index contributed by atoms with van der Waals surface area (Å²) in [5.74, 6) is 0.108. The van der Waals surface area contributed by atoms with Crippen LogP contribution in [0.5, 0.6) is 5.75 Å². The molecule has 1 N–H and O–H groups in total. The van der Waals surface area contributed by atoms with Gasteiger partial charge in [-0.15, -0.1) is 0 Å². The number of nitrogens with one attached hydrogen (secondary N) is 1. The molecule has 0 aliphatic heterocycles. The van der Waals surface area contributed by atoms with E-state index in [1.807, 2.05) is 0 Å².